The Kier molecular flexibility index (Phi) is 3.41. The van der Waals surface area contributed by atoms with Gasteiger partial charge < -0.3 is 14.4 Å². The zero-order chi connectivity index (χ0) is 17.2. The number of nitrogens with zero attached hydrogens (tertiary/aromatic N) is 1. The molecule has 0 aromatic heterocycles. The molecule has 4 aliphatic rings. The third-order valence-corrected chi connectivity index (χ3v) is 6.53. The highest BCUT2D eigenvalue weighted by Gasteiger charge is 2.71. The molecule has 1 saturated heterocycles. The molecule has 1 aromatic carbocycles. The monoisotopic (exact) mass is 361 g/mol. The lowest BCUT2D eigenvalue weighted by molar-refractivity contribution is -0.138. The lowest BCUT2D eigenvalue weighted by Crippen LogP contribution is -2.46. The Morgan fingerprint density at radius 1 is 1.28 bits per heavy atom. The van der Waals surface area contributed by atoms with Crippen LogP contribution in [0.15, 0.2) is 18.2 Å². The van der Waals surface area contributed by atoms with Crippen LogP contribution >= 0.6 is 11.6 Å². The molecule has 5 nitrogen and oxygen atoms in total. The molecule has 132 valence electrons. The van der Waals surface area contributed by atoms with Crippen molar-refractivity contribution < 1.29 is 19.1 Å². The molecule has 2 aliphatic heterocycles. The van der Waals surface area contributed by atoms with Gasteiger partial charge in [0.1, 0.15) is 11.4 Å². The number of carbonyl (C=O) groups excluding carboxylic acids is 2. The van der Waals surface area contributed by atoms with E-state index in [0.29, 0.717) is 55.0 Å². The molecule has 3 fully saturated rings. The molecular weight excluding hydrogens is 342 g/mol. The highest BCUT2D eigenvalue weighted by molar-refractivity contribution is 6.31. The second-order valence-corrected chi connectivity index (χ2v) is 8.04. The van der Waals surface area contributed by atoms with Crippen LogP contribution in [0.5, 0.6) is 5.75 Å². The van der Waals surface area contributed by atoms with Crippen molar-refractivity contribution in [1.29, 1.82) is 0 Å². The third kappa shape index (κ3) is 2.32. The van der Waals surface area contributed by atoms with Gasteiger partial charge in [-0.25, -0.2) is 0 Å². The van der Waals surface area contributed by atoms with Crippen molar-refractivity contribution in [3.63, 3.8) is 0 Å². The number of morpholine rings is 1. The van der Waals surface area contributed by atoms with Crippen molar-refractivity contribution in [3.8, 4) is 5.75 Å². The van der Waals surface area contributed by atoms with E-state index in [1.807, 2.05) is 4.90 Å². The average molecular weight is 362 g/mol. The number of fused-ring (bicyclic) bond motifs is 3. The summed E-state index contributed by atoms with van der Waals surface area (Å²) in [7, 11) is 0. The summed E-state index contributed by atoms with van der Waals surface area (Å²) in [6.07, 6.45) is 2.17. The zero-order valence-electron chi connectivity index (χ0n) is 13.9. The van der Waals surface area contributed by atoms with Gasteiger partial charge in [0.05, 0.1) is 25.2 Å². The topological polar surface area (TPSA) is 55.8 Å². The minimum absolute atomic E-state index is 0.00787. The second-order valence-electron chi connectivity index (χ2n) is 7.60. The number of ketones is 1. The fourth-order valence-electron chi connectivity index (χ4n) is 5.12. The molecule has 4 atom stereocenters. The summed E-state index contributed by atoms with van der Waals surface area (Å²) in [6, 6.07) is 5.22. The molecule has 0 unspecified atom stereocenters. The van der Waals surface area contributed by atoms with E-state index in [-0.39, 0.29) is 23.5 Å². The van der Waals surface area contributed by atoms with Crippen molar-refractivity contribution in [1.82, 2.24) is 4.90 Å². The maximum atomic E-state index is 12.9. The second kappa shape index (κ2) is 5.45. The lowest BCUT2D eigenvalue weighted by atomic mass is 9.84. The first-order chi connectivity index (χ1) is 12.1. The van der Waals surface area contributed by atoms with Gasteiger partial charge in [0.15, 0.2) is 5.78 Å². The van der Waals surface area contributed by atoms with Crippen LogP contribution in [0.3, 0.4) is 0 Å². The molecule has 2 saturated carbocycles. The van der Waals surface area contributed by atoms with Crippen LogP contribution in [-0.2, 0) is 9.53 Å². The van der Waals surface area contributed by atoms with Gasteiger partial charge in [0.2, 0.25) is 5.91 Å². The minimum Gasteiger partial charge on any atom is -0.486 e. The van der Waals surface area contributed by atoms with Crippen LogP contribution in [0.2, 0.25) is 5.02 Å². The molecule has 1 amide bonds. The maximum Gasteiger partial charge on any atom is 0.226 e. The summed E-state index contributed by atoms with van der Waals surface area (Å²) in [5, 5.41) is 0.544. The van der Waals surface area contributed by atoms with E-state index < -0.39 is 5.60 Å². The first-order valence-corrected chi connectivity index (χ1v) is 9.35. The Balaban J connectivity index is 1.39. The summed E-state index contributed by atoms with van der Waals surface area (Å²) in [5.74, 6) is 1.44. The maximum absolute atomic E-state index is 12.9. The number of Topliss-reactive ketones (excluding diaryl/α,β-unsaturated/α-hetero) is 1. The first-order valence-electron chi connectivity index (χ1n) is 8.97. The Morgan fingerprint density at radius 3 is 2.88 bits per heavy atom. The number of ether oxygens (including phenoxy) is 2. The highest BCUT2D eigenvalue weighted by Crippen LogP contribution is 2.66. The molecule has 0 N–H and O–H groups in total. The Hall–Kier alpha value is -1.59. The summed E-state index contributed by atoms with van der Waals surface area (Å²) in [6.45, 7) is 2.57. The fourth-order valence-corrected chi connectivity index (χ4v) is 5.29. The highest BCUT2D eigenvalue weighted by atomic mass is 35.5. The standard InChI is InChI=1S/C19H20ClNO4/c20-11-1-2-15-13(9-11)14(22)10-19(25-15)4-3-12-16(17(12)19)18(23)21-5-7-24-8-6-21/h1-2,9,12,16-17H,3-8,10H2/t12-,16+,17+,19+/m0/s1. The number of amides is 1. The van der Waals surface area contributed by atoms with Crippen LogP contribution in [0.4, 0.5) is 0 Å². The number of hydrogen-bond donors (Lipinski definition) is 0. The fraction of sp³-hybridized carbons (Fsp3) is 0.579. The Labute approximate surface area is 151 Å². The molecule has 25 heavy (non-hydrogen) atoms. The predicted octanol–water partition coefficient (Wildman–Crippen LogP) is 2.56. The Bertz CT molecular complexity index is 760. The van der Waals surface area contributed by atoms with Crippen LogP contribution in [0.1, 0.15) is 29.6 Å². The van der Waals surface area contributed by atoms with E-state index in [1.54, 1.807) is 18.2 Å². The molecule has 0 radical (unpaired) electrons. The number of hydrogen-bond acceptors (Lipinski definition) is 4. The molecule has 6 heteroatoms. The number of rotatable bonds is 1. The van der Waals surface area contributed by atoms with Crippen molar-refractivity contribution in [2.24, 2.45) is 17.8 Å². The molecule has 2 heterocycles. The van der Waals surface area contributed by atoms with Gasteiger partial charge >= 0.3 is 0 Å². The molecule has 5 rings (SSSR count). The predicted molar refractivity (Wildman–Crippen MR) is 90.9 cm³/mol. The van der Waals surface area contributed by atoms with Crippen molar-refractivity contribution in [2.75, 3.05) is 26.3 Å². The first kappa shape index (κ1) is 15.6. The minimum atomic E-state index is -0.505. The summed E-state index contributed by atoms with van der Waals surface area (Å²) in [5.41, 5.74) is 0.0631. The lowest BCUT2D eigenvalue weighted by Gasteiger charge is -2.37. The molecule has 1 spiro atoms. The normalized spacial score (nSPS) is 36.0. The summed E-state index contributed by atoms with van der Waals surface area (Å²) >= 11 is 6.01. The van der Waals surface area contributed by atoms with E-state index in [4.69, 9.17) is 21.1 Å². The number of carbonyl (C=O) groups is 2. The SMILES string of the molecule is O=C1C[C@@]2(CC[C@H]3[C@@H](C(=O)N4CCOCC4)[C@@H]32)Oc2ccc(Cl)cc21. The van der Waals surface area contributed by atoms with Gasteiger partial charge in [-0.3, -0.25) is 9.59 Å². The van der Waals surface area contributed by atoms with Crippen LogP contribution in [-0.4, -0.2) is 48.5 Å². The van der Waals surface area contributed by atoms with E-state index >= 15 is 0 Å². The molecule has 0 bridgehead atoms. The van der Waals surface area contributed by atoms with E-state index in [1.165, 1.54) is 0 Å². The molecular formula is C19H20ClNO4. The van der Waals surface area contributed by atoms with Gasteiger partial charge in [0.25, 0.3) is 0 Å². The van der Waals surface area contributed by atoms with Crippen molar-refractivity contribution >= 4 is 23.3 Å². The number of halogens is 1. The summed E-state index contributed by atoms with van der Waals surface area (Å²) in [4.78, 5) is 27.5. The van der Waals surface area contributed by atoms with Gasteiger partial charge in [-0.1, -0.05) is 11.6 Å². The van der Waals surface area contributed by atoms with Crippen molar-refractivity contribution in [3.05, 3.63) is 28.8 Å². The molecule has 1 aromatic rings. The summed E-state index contributed by atoms with van der Waals surface area (Å²) < 4.78 is 11.7. The van der Waals surface area contributed by atoms with Gasteiger partial charge in [0, 0.05) is 29.9 Å². The van der Waals surface area contributed by atoms with Crippen LogP contribution in [0.25, 0.3) is 0 Å². The van der Waals surface area contributed by atoms with Crippen LogP contribution < -0.4 is 4.74 Å². The third-order valence-electron chi connectivity index (χ3n) is 6.30. The van der Waals surface area contributed by atoms with Crippen molar-refractivity contribution in [2.45, 2.75) is 24.9 Å². The largest absolute Gasteiger partial charge is 0.486 e. The van der Waals surface area contributed by atoms with Gasteiger partial charge in [-0.15, -0.1) is 0 Å². The van der Waals surface area contributed by atoms with E-state index in [2.05, 4.69) is 0 Å². The quantitative estimate of drug-likeness (QED) is 0.771. The molecule has 2 aliphatic carbocycles. The van der Waals surface area contributed by atoms with Gasteiger partial charge in [-0.2, -0.15) is 0 Å². The smallest absolute Gasteiger partial charge is 0.226 e. The van der Waals surface area contributed by atoms with Crippen LogP contribution in [0, 0.1) is 17.8 Å². The number of benzene rings is 1. The van der Waals surface area contributed by atoms with E-state index in [9.17, 15) is 9.59 Å². The van der Waals surface area contributed by atoms with E-state index in [0.717, 1.165) is 12.8 Å². The Morgan fingerprint density at radius 2 is 2.08 bits per heavy atom. The average Bonchev–Trinajstić information content (AvgIpc) is 3.27. The van der Waals surface area contributed by atoms with Gasteiger partial charge in [-0.05, 0) is 37.0 Å². The zero-order valence-corrected chi connectivity index (χ0v) is 14.6.